The maximum absolute atomic E-state index is 13.8. The van der Waals surface area contributed by atoms with Gasteiger partial charge in [-0.1, -0.05) is 42.7 Å². The van der Waals surface area contributed by atoms with E-state index in [1.54, 1.807) is 24.1 Å². The Morgan fingerprint density at radius 1 is 1.06 bits per heavy atom. The predicted molar refractivity (Wildman–Crippen MR) is 128 cm³/mol. The number of carbonyl (C=O) groups is 2. The number of benzene rings is 2. The first-order valence-electron chi connectivity index (χ1n) is 11.4. The van der Waals surface area contributed by atoms with E-state index in [1.165, 1.54) is 6.26 Å². The van der Waals surface area contributed by atoms with Crippen LogP contribution in [0.5, 0.6) is 5.75 Å². The van der Waals surface area contributed by atoms with Crippen LogP contribution < -0.4 is 15.0 Å². The van der Waals surface area contributed by atoms with E-state index in [4.69, 9.17) is 9.15 Å². The van der Waals surface area contributed by atoms with Gasteiger partial charge in [-0.05, 0) is 68.1 Å². The average molecular weight is 447 g/mol. The van der Waals surface area contributed by atoms with Gasteiger partial charge in [0.2, 0.25) is 5.91 Å². The summed E-state index contributed by atoms with van der Waals surface area (Å²) in [5.74, 6) is 0.299. The Balaban J connectivity index is 1.83. The van der Waals surface area contributed by atoms with Crippen molar-refractivity contribution in [3.05, 3.63) is 83.3 Å². The lowest BCUT2D eigenvalue weighted by Crippen LogP contribution is -2.46. The van der Waals surface area contributed by atoms with Gasteiger partial charge in [0.25, 0.3) is 5.91 Å². The van der Waals surface area contributed by atoms with Gasteiger partial charge in [-0.25, -0.2) is 0 Å². The molecule has 0 spiro atoms. The third-order valence-electron chi connectivity index (χ3n) is 6.20. The minimum atomic E-state index is -0.865. The molecule has 0 bridgehead atoms. The molecule has 172 valence electrons. The number of anilines is 1. The van der Waals surface area contributed by atoms with Crippen molar-refractivity contribution in [3.8, 4) is 5.75 Å². The molecule has 1 saturated carbocycles. The molecule has 0 unspecified atom stereocenters. The molecule has 1 atom stereocenters. The monoisotopic (exact) mass is 446 g/mol. The molecule has 1 aliphatic rings. The van der Waals surface area contributed by atoms with Crippen molar-refractivity contribution in [2.24, 2.45) is 0 Å². The van der Waals surface area contributed by atoms with Gasteiger partial charge < -0.3 is 14.5 Å². The molecule has 4 rings (SSSR count). The van der Waals surface area contributed by atoms with Crippen molar-refractivity contribution in [1.29, 1.82) is 0 Å². The molecule has 1 aromatic heterocycles. The van der Waals surface area contributed by atoms with Crippen LogP contribution in [-0.2, 0) is 4.79 Å². The number of amides is 2. The Morgan fingerprint density at radius 3 is 2.39 bits per heavy atom. The van der Waals surface area contributed by atoms with E-state index in [2.05, 4.69) is 5.32 Å². The van der Waals surface area contributed by atoms with E-state index < -0.39 is 6.04 Å². The summed E-state index contributed by atoms with van der Waals surface area (Å²) in [6, 6.07) is 15.7. The van der Waals surface area contributed by atoms with Gasteiger partial charge >= 0.3 is 0 Å². The molecule has 1 N–H and O–H groups in total. The summed E-state index contributed by atoms with van der Waals surface area (Å²) in [4.78, 5) is 29.1. The van der Waals surface area contributed by atoms with E-state index in [0.29, 0.717) is 17.0 Å². The molecule has 6 heteroatoms. The van der Waals surface area contributed by atoms with Gasteiger partial charge in [0.05, 0.1) is 13.4 Å². The smallest absolute Gasteiger partial charge is 0.294 e. The SMILES string of the molecule is COc1ccc([C@@H](C(=O)NC2CCCC2)N(C(=O)c2ccco2)c2ccc(C)cc2C)cc1. The number of hydrogen-bond acceptors (Lipinski definition) is 4. The van der Waals surface area contributed by atoms with Crippen LogP contribution in [-0.4, -0.2) is 25.0 Å². The van der Waals surface area contributed by atoms with Crippen LogP contribution in [0, 0.1) is 13.8 Å². The Labute approximate surface area is 194 Å². The summed E-state index contributed by atoms with van der Waals surface area (Å²) in [6.07, 6.45) is 5.58. The number of aryl methyl sites for hydroxylation is 2. The Morgan fingerprint density at radius 2 is 1.79 bits per heavy atom. The highest BCUT2D eigenvalue weighted by atomic mass is 16.5. The normalized spacial score (nSPS) is 14.6. The number of furan rings is 1. The molecular weight excluding hydrogens is 416 g/mol. The van der Waals surface area contributed by atoms with Gasteiger partial charge in [-0.2, -0.15) is 0 Å². The van der Waals surface area contributed by atoms with Crippen molar-refractivity contribution >= 4 is 17.5 Å². The zero-order chi connectivity index (χ0) is 23.4. The Hall–Kier alpha value is -3.54. The fraction of sp³-hybridized carbons (Fsp3) is 0.333. The number of nitrogens with zero attached hydrogens (tertiary/aromatic N) is 1. The molecule has 1 heterocycles. The van der Waals surface area contributed by atoms with Crippen LogP contribution in [0.4, 0.5) is 5.69 Å². The van der Waals surface area contributed by atoms with Crippen LogP contribution in [0.3, 0.4) is 0 Å². The van der Waals surface area contributed by atoms with Gasteiger partial charge in [0, 0.05) is 11.7 Å². The van der Waals surface area contributed by atoms with Gasteiger partial charge in [0.15, 0.2) is 5.76 Å². The Bertz CT molecular complexity index is 1100. The van der Waals surface area contributed by atoms with Crippen molar-refractivity contribution in [3.63, 3.8) is 0 Å². The molecule has 0 radical (unpaired) electrons. The quantitative estimate of drug-likeness (QED) is 0.531. The summed E-state index contributed by atoms with van der Waals surface area (Å²) in [5, 5.41) is 3.19. The molecule has 0 aliphatic heterocycles. The number of methoxy groups -OCH3 is 1. The molecule has 2 aromatic carbocycles. The van der Waals surface area contributed by atoms with Crippen LogP contribution in [0.2, 0.25) is 0 Å². The van der Waals surface area contributed by atoms with Crippen LogP contribution in [0.1, 0.15) is 59.0 Å². The molecule has 6 nitrogen and oxygen atoms in total. The minimum absolute atomic E-state index is 0.123. The Kier molecular flexibility index (Phi) is 6.82. The molecule has 2 amide bonds. The van der Waals surface area contributed by atoms with E-state index in [1.807, 2.05) is 56.3 Å². The minimum Gasteiger partial charge on any atom is -0.497 e. The van der Waals surface area contributed by atoms with Gasteiger partial charge in [-0.3, -0.25) is 14.5 Å². The second-order valence-electron chi connectivity index (χ2n) is 8.61. The summed E-state index contributed by atoms with van der Waals surface area (Å²) < 4.78 is 10.8. The summed E-state index contributed by atoms with van der Waals surface area (Å²) in [5.41, 5.74) is 3.36. The van der Waals surface area contributed by atoms with Crippen molar-refractivity contribution < 1.29 is 18.7 Å². The molecule has 33 heavy (non-hydrogen) atoms. The predicted octanol–water partition coefficient (Wildman–Crippen LogP) is 5.35. The van der Waals surface area contributed by atoms with Crippen LogP contribution in [0.15, 0.2) is 65.3 Å². The maximum atomic E-state index is 13.8. The third kappa shape index (κ3) is 4.95. The molecule has 0 saturated heterocycles. The zero-order valence-corrected chi connectivity index (χ0v) is 19.3. The molecule has 1 fully saturated rings. The highest BCUT2D eigenvalue weighted by Gasteiger charge is 2.36. The number of hydrogen-bond donors (Lipinski definition) is 1. The molecular formula is C27H30N2O4. The lowest BCUT2D eigenvalue weighted by atomic mass is 10.00. The summed E-state index contributed by atoms with van der Waals surface area (Å²) in [7, 11) is 1.60. The van der Waals surface area contributed by atoms with Crippen molar-refractivity contribution in [1.82, 2.24) is 5.32 Å². The third-order valence-corrected chi connectivity index (χ3v) is 6.20. The maximum Gasteiger partial charge on any atom is 0.294 e. The largest absolute Gasteiger partial charge is 0.497 e. The van der Waals surface area contributed by atoms with Crippen LogP contribution >= 0.6 is 0 Å². The fourth-order valence-corrected chi connectivity index (χ4v) is 4.51. The van der Waals surface area contributed by atoms with Gasteiger partial charge in [0.1, 0.15) is 11.8 Å². The lowest BCUT2D eigenvalue weighted by Gasteiger charge is -2.33. The fourth-order valence-electron chi connectivity index (χ4n) is 4.51. The van der Waals surface area contributed by atoms with Crippen molar-refractivity contribution in [2.45, 2.75) is 51.6 Å². The summed E-state index contributed by atoms with van der Waals surface area (Å²) >= 11 is 0. The number of ether oxygens (including phenoxy) is 1. The first kappa shape index (κ1) is 22.6. The lowest BCUT2D eigenvalue weighted by molar-refractivity contribution is -0.123. The number of nitrogens with one attached hydrogen (secondary N) is 1. The molecule has 1 aliphatic carbocycles. The van der Waals surface area contributed by atoms with E-state index in [0.717, 1.165) is 36.8 Å². The first-order valence-corrected chi connectivity index (χ1v) is 11.4. The van der Waals surface area contributed by atoms with E-state index in [9.17, 15) is 9.59 Å². The average Bonchev–Trinajstić information content (AvgIpc) is 3.52. The zero-order valence-electron chi connectivity index (χ0n) is 19.3. The van der Waals surface area contributed by atoms with E-state index in [-0.39, 0.29) is 23.6 Å². The number of carbonyl (C=O) groups excluding carboxylic acids is 2. The summed E-state index contributed by atoms with van der Waals surface area (Å²) in [6.45, 7) is 3.95. The first-order chi connectivity index (χ1) is 16.0. The topological polar surface area (TPSA) is 71.8 Å². The van der Waals surface area contributed by atoms with Gasteiger partial charge in [-0.15, -0.1) is 0 Å². The second kappa shape index (κ2) is 9.94. The van der Waals surface area contributed by atoms with E-state index >= 15 is 0 Å². The molecule has 3 aromatic rings. The highest BCUT2D eigenvalue weighted by Crippen LogP contribution is 2.34. The van der Waals surface area contributed by atoms with Crippen LogP contribution in [0.25, 0.3) is 0 Å². The van der Waals surface area contributed by atoms with Crippen molar-refractivity contribution in [2.75, 3.05) is 12.0 Å². The standard InChI is InChI=1S/C27H30N2O4/c1-18-10-15-23(19(2)17-18)29(27(31)24-9-6-16-33-24)25(20-11-13-22(32-3)14-12-20)26(30)28-21-7-4-5-8-21/h6,9-17,21,25H,4-5,7-8H2,1-3H3,(H,28,30)/t25-/m0/s1. The highest BCUT2D eigenvalue weighted by molar-refractivity contribution is 6.09. The number of rotatable bonds is 7. The second-order valence-corrected chi connectivity index (χ2v) is 8.61.